The minimum atomic E-state index is -0.556. The first kappa shape index (κ1) is 28.2. The van der Waals surface area contributed by atoms with Gasteiger partial charge >= 0.3 is 5.69 Å². The summed E-state index contributed by atoms with van der Waals surface area (Å²) in [5.74, 6) is -0.0864. The van der Waals surface area contributed by atoms with Gasteiger partial charge in [-0.25, -0.2) is 4.79 Å². The van der Waals surface area contributed by atoms with Crippen molar-refractivity contribution in [2.24, 2.45) is 0 Å². The maximum absolute atomic E-state index is 13.4. The molecule has 3 aromatic rings. The van der Waals surface area contributed by atoms with Crippen molar-refractivity contribution in [3.05, 3.63) is 90.7 Å². The predicted molar refractivity (Wildman–Crippen MR) is 156 cm³/mol. The number of benzene rings is 2. The molecule has 1 saturated heterocycles. The van der Waals surface area contributed by atoms with Crippen LogP contribution in [0.2, 0.25) is 10.0 Å². The monoisotopic (exact) mass is 582 g/mol. The summed E-state index contributed by atoms with van der Waals surface area (Å²) < 4.78 is 2.41. The van der Waals surface area contributed by atoms with Crippen molar-refractivity contribution in [1.29, 1.82) is 0 Å². The number of carbonyl (C=O) groups excluding carboxylic acids is 2. The van der Waals surface area contributed by atoms with Gasteiger partial charge in [0.05, 0.1) is 22.0 Å². The number of piperidine rings is 1. The molecule has 1 fully saturated rings. The Morgan fingerprint density at radius 1 is 0.925 bits per heavy atom. The number of hydrogen-bond acceptors (Lipinski definition) is 4. The Labute approximate surface area is 242 Å². The molecule has 3 heterocycles. The van der Waals surface area contributed by atoms with Crippen LogP contribution in [-0.2, 0) is 29.0 Å². The van der Waals surface area contributed by atoms with E-state index in [-0.39, 0.29) is 40.0 Å². The molecule has 210 valence electrons. The van der Waals surface area contributed by atoms with E-state index in [0.29, 0.717) is 44.5 Å². The molecule has 0 N–H and O–H groups in total. The van der Waals surface area contributed by atoms with E-state index in [9.17, 15) is 19.2 Å². The Hall–Kier alpha value is -3.36. The van der Waals surface area contributed by atoms with Gasteiger partial charge in [-0.2, -0.15) is 0 Å². The molecule has 0 bridgehead atoms. The molecule has 2 aliphatic rings. The average molecular weight is 584 g/mol. The van der Waals surface area contributed by atoms with Gasteiger partial charge in [-0.3, -0.25) is 23.5 Å². The summed E-state index contributed by atoms with van der Waals surface area (Å²) in [6.07, 6.45) is 3.99. The van der Waals surface area contributed by atoms with E-state index in [4.69, 9.17) is 23.2 Å². The molecule has 0 atom stereocenters. The van der Waals surface area contributed by atoms with Crippen LogP contribution in [0.25, 0.3) is 11.1 Å². The van der Waals surface area contributed by atoms with Crippen LogP contribution >= 0.6 is 23.2 Å². The van der Waals surface area contributed by atoms with Crippen molar-refractivity contribution >= 4 is 35.0 Å². The van der Waals surface area contributed by atoms with E-state index < -0.39 is 17.3 Å². The highest BCUT2D eigenvalue weighted by Gasteiger charge is 2.31. The number of rotatable bonds is 5. The Balaban J connectivity index is 1.32. The second-order valence-corrected chi connectivity index (χ2v) is 11.5. The van der Waals surface area contributed by atoms with Gasteiger partial charge in [0.15, 0.2) is 0 Å². The largest absolute Gasteiger partial charge is 0.341 e. The van der Waals surface area contributed by atoms with Gasteiger partial charge < -0.3 is 9.80 Å². The smallest absolute Gasteiger partial charge is 0.331 e. The number of aromatic nitrogens is 2. The van der Waals surface area contributed by atoms with Gasteiger partial charge in [0.1, 0.15) is 6.54 Å². The van der Waals surface area contributed by atoms with Crippen LogP contribution in [0.15, 0.2) is 58.3 Å². The van der Waals surface area contributed by atoms with Crippen molar-refractivity contribution < 1.29 is 9.59 Å². The van der Waals surface area contributed by atoms with E-state index in [0.717, 1.165) is 16.6 Å². The molecule has 0 saturated carbocycles. The minimum absolute atomic E-state index is 0.0769. The van der Waals surface area contributed by atoms with Crippen molar-refractivity contribution in [3.8, 4) is 11.1 Å². The maximum atomic E-state index is 13.4. The highest BCUT2D eigenvalue weighted by atomic mass is 35.5. The number of amides is 2. The number of nitrogens with zero attached hydrogens (tertiary/aromatic N) is 4. The molecular formula is C30H32Cl2N4O4. The van der Waals surface area contributed by atoms with Crippen molar-refractivity contribution in [3.63, 3.8) is 0 Å². The fraction of sp³-hybridized carbons (Fsp3) is 0.400. The maximum Gasteiger partial charge on any atom is 0.331 e. The van der Waals surface area contributed by atoms with E-state index in [1.54, 1.807) is 36.9 Å². The van der Waals surface area contributed by atoms with Gasteiger partial charge in [0, 0.05) is 43.5 Å². The summed E-state index contributed by atoms with van der Waals surface area (Å²) in [6.45, 7) is 4.93. The Kier molecular flexibility index (Phi) is 8.19. The molecule has 40 heavy (non-hydrogen) atoms. The number of carbonyl (C=O) groups is 2. The lowest BCUT2D eigenvalue weighted by Crippen LogP contribution is -2.50. The number of fused-ring (bicyclic) bond motifs is 1. The summed E-state index contributed by atoms with van der Waals surface area (Å²) in [7, 11) is 0. The first-order valence-corrected chi connectivity index (χ1v) is 14.4. The molecule has 0 unspecified atom stereocenters. The van der Waals surface area contributed by atoms with Crippen molar-refractivity contribution in [2.75, 3.05) is 19.6 Å². The zero-order valence-corrected chi connectivity index (χ0v) is 24.1. The van der Waals surface area contributed by atoms with E-state index in [1.165, 1.54) is 16.3 Å². The van der Waals surface area contributed by atoms with E-state index >= 15 is 0 Å². The lowest BCUT2D eigenvalue weighted by molar-refractivity contribution is -0.136. The molecule has 0 radical (unpaired) electrons. The summed E-state index contributed by atoms with van der Waals surface area (Å²) >= 11 is 12.6. The molecule has 0 aliphatic carbocycles. The van der Waals surface area contributed by atoms with Crippen LogP contribution in [0.3, 0.4) is 0 Å². The van der Waals surface area contributed by atoms with Gasteiger partial charge in [0.2, 0.25) is 11.8 Å². The minimum Gasteiger partial charge on any atom is -0.341 e. The zero-order chi connectivity index (χ0) is 28.6. The molecule has 1 aromatic heterocycles. The van der Waals surface area contributed by atoms with Gasteiger partial charge in [-0.05, 0) is 50.3 Å². The highest BCUT2D eigenvalue weighted by molar-refractivity contribution is 6.43. The second-order valence-electron chi connectivity index (χ2n) is 10.7. The van der Waals surface area contributed by atoms with Crippen LogP contribution < -0.4 is 11.2 Å². The first-order chi connectivity index (χ1) is 19.2. The quantitative estimate of drug-likeness (QED) is 0.451. The Morgan fingerprint density at radius 3 is 2.33 bits per heavy atom. The lowest BCUT2D eigenvalue weighted by Gasteiger charge is -2.38. The lowest BCUT2D eigenvalue weighted by atomic mass is 10.0. The number of halogens is 2. The Bertz CT molecular complexity index is 1570. The van der Waals surface area contributed by atoms with Crippen molar-refractivity contribution in [1.82, 2.24) is 18.9 Å². The molecule has 10 heteroatoms. The SMILES string of the molecule is CC(C)n1c(=O)c(-c2cccc(Cl)c2Cl)cn(CC(=O)N2CCC(N3CCc4ccccc4CC3=O)CC2)c1=O. The van der Waals surface area contributed by atoms with Crippen LogP contribution in [0.4, 0.5) is 0 Å². The van der Waals surface area contributed by atoms with Crippen LogP contribution in [-0.4, -0.2) is 56.4 Å². The van der Waals surface area contributed by atoms with Gasteiger partial charge in [-0.15, -0.1) is 0 Å². The fourth-order valence-electron chi connectivity index (χ4n) is 5.75. The summed E-state index contributed by atoms with van der Waals surface area (Å²) in [5.41, 5.74) is 1.87. The third-order valence-corrected chi connectivity index (χ3v) is 8.73. The fourth-order valence-corrected chi connectivity index (χ4v) is 6.15. The predicted octanol–water partition coefficient (Wildman–Crippen LogP) is 4.18. The zero-order valence-electron chi connectivity index (χ0n) is 22.6. The van der Waals surface area contributed by atoms with Gasteiger partial charge in [0.25, 0.3) is 5.56 Å². The van der Waals surface area contributed by atoms with E-state index in [1.807, 2.05) is 23.1 Å². The van der Waals surface area contributed by atoms with Crippen LogP contribution in [0, 0.1) is 0 Å². The van der Waals surface area contributed by atoms with Crippen LogP contribution in [0.5, 0.6) is 0 Å². The third-order valence-electron chi connectivity index (χ3n) is 7.91. The van der Waals surface area contributed by atoms with E-state index in [2.05, 4.69) is 6.07 Å². The summed E-state index contributed by atoms with van der Waals surface area (Å²) in [4.78, 5) is 56.6. The molecule has 2 aromatic carbocycles. The Morgan fingerprint density at radius 2 is 1.62 bits per heavy atom. The number of hydrogen-bond donors (Lipinski definition) is 0. The second kappa shape index (κ2) is 11.6. The van der Waals surface area contributed by atoms with Gasteiger partial charge in [-0.1, -0.05) is 59.6 Å². The third kappa shape index (κ3) is 5.47. The summed E-state index contributed by atoms with van der Waals surface area (Å²) in [5, 5.41) is 0.499. The van der Waals surface area contributed by atoms with Crippen molar-refractivity contribution in [2.45, 2.75) is 58.2 Å². The summed E-state index contributed by atoms with van der Waals surface area (Å²) in [6, 6.07) is 12.7. The molecule has 2 aliphatic heterocycles. The molecule has 8 nitrogen and oxygen atoms in total. The molecule has 0 spiro atoms. The standard InChI is InChI=1S/C30H32Cl2N4O4/c1-19(2)36-29(39)24(23-8-5-9-25(31)28(23)32)17-34(30(36)40)18-27(38)33-13-11-22(12-14-33)35-15-10-20-6-3-4-7-21(20)16-26(35)37/h3-9,17,19,22H,10-16,18H2,1-2H3. The molecular weight excluding hydrogens is 551 g/mol. The molecule has 2 amide bonds. The molecule has 5 rings (SSSR count). The normalized spacial score (nSPS) is 16.3. The first-order valence-electron chi connectivity index (χ1n) is 13.6. The average Bonchev–Trinajstić information content (AvgIpc) is 3.10. The highest BCUT2D eigenvalue weighted by Crippen LogP contribution is 2.32. The number of likely N-dealkylation sites (tertiary alicyclic amines) is 1. The van der Waals surface area contributed by atoms with Crippen LogP contribution in [0.1, 0.15) is 43.9 Å². The topological polar surface area (TPSA) is 84.6 Å².